The molecule has 28 heavy (non-hydrogen) atoms. The third kappa shape index (κ3) is 3.20. The van der Waals surface area contributed by atoms with Crippen molar-refractivity contribution < 1.29 is 26.8 Å². The minimum atomic E-state index is 0. The summed E-state index contributed by atoms with van der Waals surface area (Å²) in [6.45, 7) is 6.93. The van der Waals surface area contributed by atoms with E-state index in [1.54, 1.807) is 6.07 Å². The molecule has 0 aliphatic carbocycles. The van der Waals surface area contributed by atoms with Gasteiger partial charge in [0.05, 0.1) is 12.1 Å². The number of fused-ring (bicyclic) bond motifs is 4. The Morgan fingerprint density at radius 1 is 1.07 bits per heavy atom. The molecular weight excluding hydrogens is 374 g/mol. The average molecular weight is 400 g/mol. The van der Waals surface area contributed by atoms with Crippen LogP contribution in [-0.4, -0.2) is 29.4 Å². The van der Waals surface area contributed by atoms with Gasteiger partial charge in [-0.3, -0.25) is 0 Å². The highest BCUT2D eigenvalue weighted by atomic mass is 35.5. The molecule has 0 aliphatic heterocycles. The predicted octanol–water partition coefficient (Wildman–Crippen LogP) is 0.0739. The molecule has 0 saturated carbocycles. The second kappa shape index (κ2) is 7.95. The molecule has 0 spiro atoms. The number of nitrogens with two attached hydrogens (primary N) is 1. The highest BCUT2D eigenvalue weighted by Crippen LogP contribution is 2.38. The molecule has 148 valence electrons. The van der Waals surface area contributed by atoms with Crippen LogP contribution in [0.1, 0.15) is 11.1 Å². The van der Waals surface area contributed by atoms with Gasteiger partial charge in [0.2, 0.25) is 0 Å². The normalized spacial score (nSPS) is 11.4. The average Bonchev–Trinajstić information content (AvgIpc) is 2.95. The first-order chi connectivity index (χ1) is 13.0. The number of ether oxygens (including phenoxy) is 1. The summed E-state index contributed by atoms with van der Waals surface area (Å²) < 4.78 is 9.92. The van der Waals surface area contributed by atoms with Crippen molar-refractivity contribution in [3.05, 3.63) is 47.8 Å². The second-order valence-electron chi connectivity index (χ2n) is 7.15. The van der Waals surface area contributed by atoms with Gasteiger partial charge in [-0.25, -0.2) is 4.57 Å². The van der Waals surface area contributed by atoms with E-state index < -0.39 is 0 Å². The van der Waals surface area contributed by atoms with E-state index in [9.17, 15) is 5.11 Å². The number of pyridine rings is 1. The maximum absolute atomic E-state index is 10.0. The molecule has 0 fully saturated rings. The summed E-state index contributed by atoms with van der Waals surface area (Å²) in [7, 11) is 2.10. The third-order valence-corrected chi connectivity index (χ3v) is 5.50. The number of phenols is 1. The van der Waals surface area contributed by atoms with Crippen LogP contribution in [0.3, 0.4) is 0 Å². The van der Waals surface area contributed by atoms with Gasteiger partial charge in [0.15, 0.2) is 18.9 Å². The maximum Gasteiger partial charge on any atom is 0.177 e. The number of phenolic OH excluding ortho intramolecular Hbond substituents is 1. The van der Waals surface area contributed by atoms with Crippen molar-refractivity contribution in [2.45, 2.75) is 20.4 Å². The van der Waals surface area contributed by atoms with E-state index in [4.69, 9.17) is 10.5 Å². The lowest BCUT2D eigenvalue weighted by Gasteiger charge is -2.10. The zero-order valence-electron chi connectivity index (χ0n) is 16.5. The summed E-state index contributed by atoms with van der Waals surface area (Å²) in [5.41, 5.74) is 10.3. The van der Waals surface area contributed by atoms with E-state index >= 15 is 0 Å². The van der Waals surface area contributed by atoms with Gasteiger partial charge >= 0.3 is 0 Å². The molecule has 2 aromatic carbocycles. The molecule has 0 amide bonds. The maximum atomic E-state index is 10.0. The minimum Gasteiger partial charge on any atom is -1.00 e. The standard InChI is InChI=1S/C22H25N3O2.ClH/c1-14-19-13-25(9-11-27-10-7-23)8-6-17(19)15(2)22-21(14)18-12-16(26)4-5-20(18)24(22)3;/h4-6,8,12-13H,7,9-11,23H2,1-3H3;1H. The van der Waals surface area contributed by atoms with Gasteiger partial charge in [-0.05, 0) is 48.6 Å². The number of aromatic nitrogens is 2. The Kier molecular flexibility index (Phi) is 5.79. The molecule has 0 bridgehead atoms. The minimum absolute atomic E-state index is 0. The molecule has 2 aromatic heterocycles. The van der Waals surface area contributed by atoms with Crippen LogP contribution >= 0.6 is 0 Å². The largest absolute Gasteiger partial charge is 1.00 e. The lowest BCUT2D eigenvalue weighted by molar-refractivity contribution is -0.697. The first-order valence-electron chi connectivity index (χ1n) is 9.33. The number of hydrogen-bond donors (Lipinski definition) is 2. The fourth-order valence-corrected chi connectivity index (χ4v) is 4.17. The molecule has 4 aromatic rings. The molecule has 0 radical (unpaired) electrons. The molecule has 0 unspecified atom stereocenters. The van der Waals surface area contributed by atoms with Crippen molar-refractivity contribution in [3.8, 4) is 5.75 Å². The van der Waals surface area contributed by atoms with Crippen molar-refractivity contribution in [1.82, 2.24) is 4.57 Å². The van der Waals surface area contributed by atoms with Crippen LogP contribution < -0.4 is 22.7 Å². The van der Waals surface area contributed by atoms with Gasteiger partial charge in [0.1, 0.15) is 12.4 Å². The van der Waals surface area contributed by atoms with Crippen molar-refractivity contribution >= 4 is 32.6 Å². The molecule has 0 saturated heterocycles. The fourth-order valence-electron chi connectivity index (χ4n) is 4.17. The van der Waals surface area contributed by atoms with Crippen molar-refractivity contribution in [3.63, 3.8) is 0 Å². The van der Waals surface area contributed by atoms with Gasteiger partial charge in [-0.2, -0.15) is 0 Å². The fraction of sp³-hybridized carbons (Fsp3) is 0.318. The smallest absolute Gasteiger partial charge is 0.177 e. The summed E-state index contributed by atoms with van der Waals surface area (Å²) in [5.74, 6) is 0.298. The van der Waals surface area contributed by atoms with Crippen LogP contribution in [0.5, 0.6) is 5.75 Å². The molecular formula is C22H26ClN3O2. The second-order valence-corrected chi connectivity index (χ2v) is 7.15. The van der Waals surface area contributed by atoms with Crippen molar-refractivity contribution in [1.29, 1.82) is 0 Å². The first kappa shape index (κ1) is 20.4. The predicted molar refractivity (Wildman–Crippen MR) is 109 cm³/mol. The van der Waals surface area contributed by atoms with Crippen LogP contribution in [0.15, 0.2) is 36.7 Å². The third-order valence-electron chi connectivity index (χ3n) is 5.50. The monoisotopic (exact) mass is 399 g/mol. The van der Waals surface area contributed by atoms with E-state index in [2.05, 4.69) is 48.5 Å². The van der Waals surface area contributed by atoms with E-state index in [1.807, 2.05) is 12.1 Å². The molecule has 4 rings (SSSR count). The topological polar surface area (TPSA) is 64.3 Å². The molecule has 3 N–H and O–H groups in total. The SMILES string of the molecule is Cc1c2c[n+](CCOCCN)ccc2c(C)c2c1c1cc(O)ccc1n2C.[Cl-]. The van der Waals surface area contributed by atoms with E-state index in [1.165, 1.54) is 32.8 Å². The highest BCUT2D eigenvalue weighted by Gasteiger charge is 2.18. The summed E-state index contributed by atoms with van der Waals surface area (Å²) >= 11 is 0. The van der Waals surface area contributed by atoms with Crippen LogP contribution in [0.4, 0.5) is 0 Å². The lowest BCUT2D eigenvalue weighted by atomic mass is 9.97. The summed E-state index contributed by atoms with van der Waals surface area (Å²) in [6.07, 6.45) is 4.31. The Hall–Kier alpha value is -2.34. The van der Waals surface area contributed by atoms with E-state index in [-0.39, 0.29) is 12.4 Å². The number of halogens is 1. The molecule has 0 atom stereocenters. The Bertz CT molecular complexity index is 1170. The molecule has 0 aliphatic rings. The van der Waals surface area contributed by atoms with Gasteiger partial charge in [-0.15, -0.1) is 0 Å². The van der Waals surface area contributed by atoms with Crippen LogP contribution in [0.25, 0.3) is 32.6 Å². The Labute approximate surface area is 170 Å². The molecule has 6 heteroatoms. The van der Waals surface area contributed by atoms with Gasteiger partial charge in [-0.1, -0.05) is 0 Å². The highest BCUT2D eigenvalue weighted by molar-refractivity contribution is 6.16. The number of rotatable bonds is 5. The van der Waals surface area contributed by atoms with Crippen molar-refractivity contribution in [2.24, 2.45) is 12.8 Å². The molecule has 2 heterocycles. The first-order valence-corrected chi connectivity index (χ1v) is 9.33. The summed E-state index contributed by atoms with van der Waals surface area (Å²) in [5, 5.41) is 14.8. The zero-order chi connectivity index (χ0) is 19.1. The number of aromatic hydroxyl groups is 1. The van der Waals surface area contributed by atoms with Crippen LogP contribution in [-0.2, 0) is 18.3 Å². The number of aryl methyl sites for hydroxylation is 3. The number of nitrogens with zero attached hydrogens (tertiary/aromatic N) is 2. The Morgan fingerprint density at radius 2 is 1.86 bits per heavy atom. The quantitative estimate of drug-likeness (QED) is 0.369. The lowest BCUT2D eigenvalue weighted by Crippen LogP contribution is -3.00. The zero-order valence-corrected chi connectivity index (χ0v) is 17.3. The van der Waals surface area contributed by atoms with E-state index in [0.29, 0.717) is 25.5 Å². The van der Waals surface area contributed by atoms with Gasteiger partial charge < -0.3 is 32.6 Å². The summed E-state index contributed by atoms with van der Waals surface area (Å²) in [6, 6.07) is 7.80. The van der Waals surface area contributed by atoms with E-state index in [0.717, 1.165) is 17.4 Å². The number of hydrogen-bond acceptors (Lipinski definition) is 3. The number of benzene rings is 2. The Balaban J connectivity index is 0.00000225. The van der Waals surface area contributed by atoms with Gasteiger partial charge in [0.25, 0.3) is 0 Å². The van der Waals surface area contributed by atoms with Gasteiger partial charge in [0, 0.05) is 41.3 Å². The van der Waals surface area contributed by atoms with Crippen LogP contribution in [0, 0.1) is 13.8 Å². The van der Waals surface area contributed by atoms with Crippen LogP contribution in [0.2, 0.25) is 0 Å². The molecule has 5 nitrogen and oxygen atoms in total. The summed E-state index contributed by atoms with van der Waals surface area (Å²) in [4.78, 5) is 0. The Morgan fingerprint density at radius 3 is 2.61 bits per heavy atom. The van der Waals surface area contributed by atoms with Crippen molar-refractivity contribution in [2.75, 3.05) is 19.8 Å².